The van der Waals surface area contributed by atoms with Crippen LogP contribution in [0.2, 0.25) is 0 Å². The van der Waals surface area contributed by atoms with E-state index in [0.29, 0.717) is 24.5 Å². The Hall–Kier alpha value is -3.54. The van der Waals surface area contributed by atoms with Crippen molar-refractivity contribution in [3.63, 3.8) is 0 Å². The van der Waals surface area contributed by atoms with Crippen LogP contribution in [0.4, 0.5) is 5.82 Å². The van der Waals surface area contributed by atoms with Gasteiger partial charge in [0.1, 0.15) is 23.1 Å². The minimum absolute atomic E-state index is 0.217. The van der Waals surface area contributed by atoms with Gasteiger partial charge in [-0.3, -0.25) is 4.79 Å². The Morgan fingerprint density at radius 1 is 1.00 bits per heavy atom. The molecule has 3 rings (SSSR count). The molecule has 2 aromatic carbocycles. The number of benzene rings is 2. The predicted molar refractivity (Wildman–Crippen MR) is 109 cm³/mol. The Morgan fingerprint density at radius 2 is 1.64 bits per heavy atom. The van der Waals surface area contributed by atoms with Crippen molar-refractivity contribution in [1.82, 2.24) is 10.3 Å². The minimum atomic E-state index is -0.253. The molecule has 0 spiro atoms. The van der Waals surface area contributed by atoms with Crippen LogP contribution in [0.3, 0.4) is 0 Å². The first-order valence-corrected chi connectivity index (χ1v) is 9.14. The molecule has 3 N–H and O–H groups in total. The van der Waals surface area contributed by atoms with E-state index >= 15 is 0 Å². The van der Waals surface area contributed by atoms with Gasteiger partial charge >= 0.3 is 0 Å². The smallest absolute Gasteiger partial charge is 0.255 e. The number of aromatic nitrogens is 1. The van der Waals surface area contributed by atoms with Gasteiger partial charge in [0, 0.05) is 12.7 Å². The highest BCUT2D eigenvalue weighted by atomic mass is 16.5. The Labute approximate surface area is 164 Å². The minimum Gasteiger partial charge on any atom is -0.494 e. The van der Waals surface area contributed by atoms with Gasteiger partial charge in [-0.05, 0) is 60.5 Å². The van der Waals surface area contributed by atoms with Crippen molar-refractivity contribution >= 4 is 11.7 Å². The normalized spacial score (nSPS) is 10.3. The highest BCUT2D eigenvalue weighted by Crippen LogP contribution is 2.24. The predicted octanol–water partition coefficient (Wildman–Crippen LogP) is 4.17. The molecule has 6 nitrogen and oxygen atoms in total. The molecule has 0 aliphatic carbocycles. The van der Waals surface area contributed by atoms with E-state index in [1.165, 1.54) is 0 Å². The molecule has 0 radical (unpaired) electrons. The lowest BCUT2D eigenvalue weighted by atomic mass is 10.2. The lowest BCUT2D eigenvalue weighted by Crippen LogP contribution is -2.24. The van der Waals surface area contributed by atoms with Crippen molar-refractivity contribution in [3.8, 4) is 17.2 Å². The van der Waals surface area contributed by atoms with E-state index in [1.807, 2.05) is 48.5 Å². The quantitative estimate of drug-likeness (QED) is 0.615. The van der Waals surface area contributed by atoms with E-state index in [9.17, 15) is 4.79 Å². The molecule has 1 heterocycles. The second kappa shape index (κ2) is 9.41. The maximum absolute atomic E-state index is 12.2. The first-order chi connectivity index (χ1) is 13.7. The van der Waals surface area contributed by atoms with Gasteiger partial charge in [-0.15, -0.1) is 0 Å². The number of ether oxygens (including phenoxy) is 2. The van der Waals surface area contributed by atoms with Gasteiger partial charge in [0.05, 0.1) is 12.2 Å². The molecule has 0 saturated heterocycles. The van der Waals surface area contributed by atoms with Crippen molar-refractivity contribution < 1.29 is 14.3 Å². The Bertz CT molecular complexity index is 909. The van der Waals surface area contributed by atoms with E-state index in [-0.39, 0.29) is 11.7 Å². The molecule has 1 amide bonds. The summed E-state index contributed by atoms with van der Waals surface area (Å²) in [7, 11) is 0. The van der Waals surface area contributed by atoms with Crippen LogP contribution in [0.5, 0.6) is 17.2 Å². The summed E-state index contributed by atoms with van der Waals surface area (Å²) < 4.78 is 11.4. The van der Waals surface area contributed by atoms with Crippen LogP contribution in [0.1, 0.15) is 29.3 Å². The fraction of sp³-hybridized carbons (Fsp3) is 0.182. The number of hydrogen-bond acceptors (Lipinski definition) is 5. The molecule has 1 aromatic heterocycles. The van der Waals surface area contributed by atoms with Crippen LogP contribution in [-0.2, 0) is 6.54 Å². The third kappa shape index (κ3) is 5.23. The standard InChI is InChI=1S/C22H23N3O3/c1-2-14-27-17-9-11-19(12-10-17)28-18-7-5-16(6-8-18)15-25-22(26)20-4-3-13-24-21(20)23/h3-13H,2,14-15H2,1H3,(H2,23,24)(H,25,26). The van der Waals surface area contributed by atoms with Crippen LogP contribution in [0, 0.1) is 0 Å². The van der Waals surface area contributed by atoms with E-state index in [1.54, 1.807) is 18.3 Å². The zero-order chi connectivity index (χ0) is 19.8. The third-order valence-corrected chi connectivity index (χ3v) is 3.99. The average molecular weight is 377 g/mol. The number of hydrogen-bond donors (Lipinski definition) is 2. The molecule has 0 unspecified atom stereocenters. The maximum atomic E-state index is 12.2. The Balaban J connectivity index is 1.53. The molecule has 6 heteroatoms. The number of nitrogens with one attached hydrogen (secondary N) is 1. The van der Waals surface area contributed by atoms with Crippen molar-refractivity contribution in [2.75, 3.05) is 12.3 Å². The largest absolute Gasteiger partial charge is 0.494 e. The summed E-state index contributed by atoms with van der Waals surface area (Å²) >= 11 is 0. The number of anilines is 1. The summed E-state index contributed by atoms with van der Waals surface area (Å²) in [6.07, 6.45) is 2.53. The fourth-order valence-electron chi connectivity index (χ4n) is 2.52. The van der Waals surface area contributed by atoms with Crippen LogP contribution < -0.4 is 20.5 Å². The Kier molecular flexibility index (Phi) is 6.46. The van der Waals surface area contributed by atoms with E-state index < -0.39 is 0 Å². The average Bonchev–Trinajstić information content (AvgIpc) is 2.73. The summed E-state index contributed by atoms with van der Waals surface area (Å²) in [6, 6.07) is 18.4. The number of carbonyl (C=O) groups excluding carboxylic acids is 1. The number of nitrogens with zero attached hydrogens (tertiary/aromatic N) is 1. The summed E-state index contributed by atoms with van der Waals surface area (Å²) in [4.78, 5) is 16.1. The number of rotatable bonds is 8. The molecular weight excluding hydrogens is 354 g/mol. The zero-order valence-electron chi connectivity index (χ0n) is 15.7. The van der Waals surface area contributed by atoms with Gasteiger partial charge in [0.15, 0.2) is 0 Å². The van der Waals surface area contributed by atoms with Gasteiger partial charge in [0.2, 0.25) is 0 Å². The first-order valence-electron chi connectivity index (χ1n) is 9.14. The summed E-state index contributed by atoms with van der Waals surface area (Å²) in [5, 5.41) is 2.83. The van der Waals surface area contributed by atoms with Crippen LogP contribution in [0.25, 0.3) is 0 Å². The number of amides is 1. The fourth-order valence-corrected chi connectivity index (χ4v) is 2.52. The molecule has 0 bridgehead atoms. The second-order valence-electron chi connectivity index (χ2n) is 6.18. The number of nitrogens with two attached hydrogens (primary N) is 1. The molecule has 0 fully saturated rings. The highest BCUT2D eigenvalue weighted by Gasteiger charge is 2.09. The van der Waals surface area contributed by atoms with Crippen LogP contribution >= 0.6 is 0 Å². The van der Waals surface area contributed by atoms with Gasteiger partial charge in [-0.2, -0.15) is 0 Å². The van der Waals surface area contributed by atoms with E-state index in [2.05, 4.69) is 17.2 Å². The van der Waals surface area contributed by atoms with Gasteiger partial charge < -0.3 is 20.5 Å². The van der Waals surface area contributed by atoms with Gasteiger partial charge in [-0.1, -0.05) is 19.1 Å². The lowest BCUT2D eigenvalue weighted by Gasteiger charge is -2.09. The molecular formula is C22H23N3O3. The molecule has 3 aromatic rings. The molecule has 0 atom stereocenters. The highest BCUT2D eigenvalue weighted by molar-refractivity contribution is 5.98. The van der Waals surface area contributed by atoms with Crippen molar-refractivity contribution in [3.05, 3.63) is 78.0 Å². The second-order valence-corrected chi connectivity index (χ2v) is 6.18. The number of carbonyl (C=O) groups is 1. The first kappa shape index (κ1) is 19.2. The van der Waals surface area contributed by atoms with Crippen LogP contribution in [-0.4, -0.2) is 17.5 Å². The van der Waals surface area contributed by atoms with Crippen molar-refractivity contribution in [1.29, 1.82) is 0 Å². The number of nitrogen functional groups attached to an aromatic ring is 1. The topological polar surface area (TPSA) is 86.5 Å². The summed E-state index contributed by atoms with van der Waals surface area (Å²) in [5.74, 6) is 2.24. The molecule has 28 heavy (non-hydrogen) atoms. The Morgan fingerprint density at radius 3 is 2.29 bits per heavy atom. The molecule has 0 saturated carbocycles. The monoisotopic (exact) mass is 377 g/mol. The van der Waals surface area contributed by atoms with Gasteiger partial charge in [-0.25, -0.2) is 4.98 Å². The molecule has 144 valence electrons. The molecule has 0 aliphatic rings. The third-order valence-electron chi connectivity index (χ3n) is 3.99. The van der Waals surface area contributed by atoms with Crippen molar-refractivity contribution in [2.24, 2.45) is 0 Å². The SMILES string of the molecule is CCCOc1ccc(Oc2ccc(CNC(=O)c3cccnc3N)cc2)cc1. The lowest BCUT2D eigenvalue weighted by molar-refractivity contribution is 0.0951. The maximum Gasteiger partial charge on any atom is 0.255 e. The van der Waals surface area contributed by atoms with E-state index in [0.717, 1.165) is 23.5 Å². The molecule has 0 aliphatic heterocycles. The van der Waals surface area contributed by atoms with Crippen LogP contribution in [0.15, 0.2) is 66.9 Å². The van der Waals surface area contributed by atoms with Gasteiger partial charge in [0.25, 0.3) is 5.91 Å². The number of pyridine rings is 1. The summed E-state index contributed by atoms with van der Waals surface area (Å²) in [5.41, 5.74) is 7.04. The van der Waals surface area contributed by atoms with Crippen molar-refractivity contribution in [2.45, 2.75) is 19.9 Å². The van der Waals surface area contributed by atoms with E-state index in [4.69, 9.17) is 15.2 Å². The zero-order valence-corrected chi connectivity index (χ0v) is 15.7. The summed E-state index contributed by atoms with van der Waals surface area (Å²) in [6.45, 7) is 3.16.